The summed E-state index contributed by atoms with van der Waals surface area (Å²) in [4.78, 5) is 3.86. The lowest BCUT2D eigenvalue weighted by Gasteiger charge is -2.16. The van der Waals surface area contributed by atoms with Gasteiger partial charge in [-0.1, -0.05) is 6.58 Å². The van der Waals surface area contributed by atoms with Gasteiger partial charge in [0.2, 0.25) is 15.2 Å². The fourth-order valence-corrected chi connectivity index (χ4v) is 4.38. The van der Waals surface area contributed by atoms with Crippen LogP contribution in [0.3, 0.4) is 0 Å². The lowest BCUT2D eigenvalue weighted by atomic mass is 10.1. The monoisotopic (exact) mass is 334 g/mol. The highest BCUT2D eigenvalue weighted by Gasteiger charge is 2.34. The fraction of sp³-hybridized carbons (Fsp3) is 0.545. The van der Waals surface area contributed by atoms with Crippen LogP contribution in [0.5, 0.6) is 0 Å². The minimum Gasteiger partial charge on any atom is -0.324 e. The molecule has 10 heteroatoms. The summed E-state index contributed by atoms with van der Waals surface area (Å²) >= 11 is 0. The topological polar surface area (TPSA) is 101 Å². The highest BCUT2D eigenvalue weighted by molar-refractivity contribution is 7.92. The average molecular weight is 334 g/mol. The van der Waals surface area contributed by atoms with E-state index in [9.17, 15) is 16.8 Å². The molecular weight excluding hydrogens is 316 g/mol. The van der Waals surface area contributed by atoms with E-state index in [0.717, 1.165) is 5.41 Å². The van der Waals surface area contributed by atoms with E-state index >= 15 is 0 Å². The summed E-state index contributed by atoms with van der Waals surface area (Å²) in [5.41, 5.74) is 0. The van der Waals surface area contributed by atoms with Crippen LogP contribution in [0.15, 0.2) is 29.5 Å². The summed E-state index contributed by atoms with van der Waals surface area (Å²) in [5, 5.41) is 0.833. The van der Waals surface area contributed by atoms with Crippen LogP contribution in [0.1, 0.15) is 6.42 Å². The molecular formula is C11H18N4O4S2. The van der Waals surface area contributed by atoms with Gasteiger partial charge in [-0.25, -0.2) is 26.5 Å². The molecule has 1 fully saturated rings. The lowest BCUT2D eigenvalue weighted by Crippen LogP contribution is -2.33. The van der Waals surface area contributed by atoms with Crippen LogP contribution in [0.2, 0.25) is 0 Å². The number of aromatic nitrogens is 2. The summed E-state index contributed by atoms with van der Waals surface area (Å²) in [6.07, 6.45) is 3.60. The molecule has 1 aromatic heterocycles. The smallest absolute Gasteiger partial charge is 0.277 e. The van der Waals surface area contributed by atoms with Crippen LogP contribution in [0.25, 0.3) is 0 Å². The van der Waals surface area contributed by atoms with E-state index in [1.807, 2.05) is 0 Å². The predicted octanol–water partition coefficient (Wildman–Crippen LogP) is -0.506. The van der Waals surface area contributed by atoms with Crippen molar-refractivity contribution < 1.29 is 16.8 Å². The number of sulfonamides is 2. The normalized spacial score (nSPS) is 20.7. The van der Waals surface area contributed by atoms with Crippen molar-refractivity contribution in [3.05, 3.63) is 24.4 Å². The molecule has 1 N–H and O–H groups in total. The van der Waals surface area contributed by atoms with E-state index in [-0.39, 0.29) is 24.2 Å². The Morgan fingerprint density at radius 1 is 1.48 bits per heavy atom. The number of imidazole rings is 1. The van der Waals surface area contributed by atoms with Gasteiger partial charge in [-0.15, -0.1) is 0 Å². The van der Waals surface area contributed by atoms with Gasteiger partial charge in [0.25, 0.3) is 10.0 Å². The molecule has 1 aromatic rings. The SMILES string of the molecule is C=CS(=O)(=O)NCC1CCN(S(=O)(=O)c2nccn2C)C1. The first-order valence-corrected chi connectivity index (χ1v) is 9.34. The van der Waals surface area contributed by atoms with E-state index < -0.39 is 20.0 Å². The molecule has 0 bridgehead atoms. The molecule has 0 spiro atoms. The molecule has 21 heavy (non-hydrogen) atoms. The summed E-state index contributed by atoms with van der Waals surface area (Å²) in [5.74, 6) is -0.0604. The van der Waals surface area contributed by atoms with Crippen molar-refractivity contribution in [3.63, 3.8) is 0 Å². The number of hydrogen-bond donors (Lipinski definition) is 1. The first-order chi connectivity index (χ1) is 9.76. The van der Waals surface area contributed by atoms with Gasteiger partial charge in [0.05, 0.1) is 0 Å². The van der Waals surface area contributed by atoms with Crippen LogP contribution >= 0.6 is 0 Å². The molecule has 1 aliphatic rings. The van der Waals surface area contributed by atoms with Crippen LogP contribution in [0, 0.1) is 5.92 Å². The zero-order valence-electron chi connectivity index (χ0n) is 11.6. The fourth-order valence-electron chi connectivity index (χ4n) is 2.19. The van der Waals surface area contributed by atoms with Crippen molar-refractivity contribution in [1.82, 2.24) is 18.6 Å². The van der Waals surface area contributed by atoms with Gasteiger partial charge in [-0.2, -0.15) is 4.31 Å². The van der Waals surface area contributed by atoms with Gasteiger partial charge >= 0.3 is 0 Å². The molecule has 1 saturated heterocycles. The van der Waals surface area contributed by atoms with E-state index in [2.05, 4.69) is 16.3 Å². The predicted molar refractivity (Wildman–Crippen MR) is 77.2 cm³/mol. The molecule has 0 aromatic carbocycles. The van der Waals surface area contributed by atoms with E-state index in [1.54, 1.807) is 13.2 Å². The Labute approximate surface area is 124 Å². The Hall–Kier alpha value is -1.23. The maximum absolute atomic E-state index is 12.4. The van der Waals surface area contributed by atoms with Gasteiger partial charge in [0, 0.05) is 44.5 Å². The average Bonchev–Trinajstić information content (AvgIpc) is 3.05. The van der Waals surface area contributed by atoms with Gasteiger partial charge in [-0.05, 0) is 12.3 Å². The lowest BCUT2D eigenvalue weighted by molar-refractivity contribution is 0.446. The number of hydrogen-bond acceptors (Lipinski definition) is 5. The second kappa shape index (κ2) is 5.87. The Morgan fingerprint density at radius 3 is 2.76 bits per heavy atom. The zero-order chi connectivity index (χ0) is 15.7. The van der Waals surface area contributed by atoms with Crippen molar-refractivity contribution in [3.8, 4) is 0 Å². The van der Waals surface area contributed by atoms with Crippen molar-refractivity contribution >= 4 is 20.0 Å². The number of aryl methyl sites for hydroxylation is 1. The van der Waals surface area contributed by atoms with Crippen molar-refractivity contribution in [1.29, 1.82) is 0 Å². The number of rotatable bonds is 6. The van der Waals surface area contributed by atoms with Gasteiger partial charge in [-0.3, -0.25) is 0 Å². The molecule has 1 atom stereocenters. The van der Waals surface area contributed by atoms with E-state index in [4.69, 9.17) is 0 Å². The van der Waals surface area contributed by atoms with Gasteiger partial charge < -0.3 is 4.57 Å². The minimum atomic E-state index is -3.63. The standard InChI is InChI=1S/C11H18N4O4S2/c1-3-20(16,17)13-8-10-4-6-15(9-10)21(18,19)11-12-5-7-14(11)2/h3,5,7,10,13H,1,4,6,8-9H2,2H3. The van der Waals surface area contributed by atoms with Crippen LogP contribution in [-0.4, -0.2) is 50.3 Å². The van der Waals surface area contributed by atoms with E-state index in [1.165, 1.54) is 15.1 Å². The quantitative estimate of drug-likeness (QED) is 0.755. The maximum atomic E-state index is 12.4. The van der Waals surface area contributed by atoms with Gasteiger partial charge in [0.15, 0.2) is 0 Å². The highest BCUT2D eigenvalue weighted by atomic mass is 32.2. The molecule has 0 amide bonds. The Kier molecular flexibility index (Phi) is 4.51. The third-order valence-electron chi connectivity index (χ3n) is 3.39. The minimum absolute atomic E-state index is 0.00479. The Balaban J connectivity index is 2.03. The number of nitrogens with zero attached hydrogens (tertiary/aromatic N) is 3. The maximum Gasteiger partial charge on any atom is 0.277 e. The van der Waals surface area contributed by atoms with E-state index in [0.29, 0.717) is 13.0 Å². The summed E-state index contributed by atoms with van der Waals surface area (Å²) < 4.78 is 52.6. The van der Waals surface area contributed by atoms with Crippen LogP contribution in [0.4, 0.5) is 0 Å². The first kappa shape index (κ1) is 16.1. The third kappa shape index (κ3) is 3.51. The van der Waals surface area contributed by atoms with Crippen molar-refractivity contribution in [2.45, 2.75) is 11.6 Å². The summed E-state index contributed by atoms with van der Waals surface area (Å²) in [7, 11) is -5.49. The van der Waals surface area contributed by atoms with Crippen molar-refractivity contribution in [2.75, 3.05) is 19.6 Å². The molecule has 1 aliphatic heterocycles. The summed E-state index contributed by atoms with van der Waals surface area (Å²) in [6, 6.07) is 0. The molecule has 1 unspecified atom stereocenters. The molecule has 118 valence electrons. The van der Waals surface area contributed by atoms with Crippen LogP contribution < -0.4 is 4.72 Å². The highest BCUT2D eigenvalue weighted by Crippen LogP contribution is 2.23. The third-order valence-corrected chi connectivity index (χ3v) is 6.26. The molecule has 0 saturated carbocycles. The number of nitrogens with one attached hydrogen (secondary N) is 1. The second-order valence-electron chi connectivity index (χ2n) is 4.90. The molecule has 2 rings (SSSR count). The van der Waals surface area contributed by atoms with Crippen molar-refractivity contribution in [2.24, 2.45) is 13.0 Å². The molecule has 8 nitrogen and oxygen atoms in total. The second-order valence-corrected chi connectivity index (χ2v) is 8.44. The Bertz CT molecular complexity index is 723. The van der Waals surface area contributed by atoms with Crippen LogP contribution in [-0.2, 0) is 27.1 Å². The zero-order valence-corrected chi connectivity index (χ0v) is 13.3. The molecule has 0 aliphatic carbocycles. The molecule has 0 radical (unpaired) electrons. The first-order valence-electron chi connectivity index (χ1n) is 6.36. The Morgan fingerprint density at radius 2 is 2.19 bits per heavy atom. The largest absolute Gasteiger partial charge is 0.324 e. The summed E-state index contributed by atoms with van der Waals surface area (Å²) in [6.45, 7) is 4.03. The van der Waals surface area contributed by atoms with Gasteiger partial charge in [0.1, 0.15) is 0 Å². The molecule has 2 heterocycles.